The van der Waals surface area contributed by atoms with E-state index in [-0.39, 0.29) is 24.0 Å². The number of thiocyanates is 1. The minimum atomic E-state index is -1.11. The van der Waals surface area contributed by atoms with E-state index in [1.807, 2.05) is 5.40 Å². The number of aromatic nitrogens is 2. The molecule has 0 aliphatic carbocycles. The van der Waals surface area contributed by atoms with Crippen LogP contribution in [0, 0.1) is 10.7 Å². The zero-order valence-corrected chi connectivity index (χ0v) is 27.9. The Balaban J connectivity index is 1.57. The summed E-state index contributed by atoms with van der Waals surface area (Å²) >= 11 is 1.13. The van der Waals surface area contributed by atoms with Gasteiger partial charge in [0.2, 0.25) is 0 Å². The number of carboxylic acid groups (broad SMARTS) is 2. The Morgan fingerprint density at radius 2 is 1.35 bits per heavy atom. The van der Waals surface area contributed by atoms with Crippen LogP contribution in [0.25, 0.3) is 0 Å². The molecule has 1 fully saturated rings. The van der Waals surface area contributed by atoms with E-state index in [2.05, 4.69) is 19.8 Å². The van der Waals surface area contributed by atoms with Crippen LogP contribution in [0.1, 0.15) is 38.4 Å². The van der Waals surface area contributed by atoms with Crippen LogP contribution in [0.4, 0.5) is 0 Å². The molecule has 0 amide bonds. The fraction of sp³-hybridized carbons (Fsp3) is 0.594. The first-order valence-electron chi connectivity index (χ1n) is 15.8. The standard InChI is InChI=1S/C32H45N5O10S/c33-25-48-22-21-46-19-20-47-24-30(27-4-2-6-29(35-27)32(40)41)37-9-13-44-17-15-42-11-7-36(8-12-43-16-18-45-14-10-37)23-26-3-1-5-28(34-26)31(38)39/h1-6,30H,7-24H2,(H,38,39)(H,40,41). The fourth-order valence-electron chi connectivity index (χ4n) is 4.70. The van der Waals surface area contributed by atoms with Gasteiger partial charge >= 0.3 is 11.9 Å². The topological polar surface area (TPSA) is 186 Å². The molecule has 0 radical (unpaired) electrons. The molecule has 1 unspecified atom stereocenters. The van der Waals surface area contributed by atoms with Crippen molar-refractivity contribution in [2.24, 2.45) is 0 Å². The molecular formula is C32H45N5O10S. The van der Waals surface area contributed by atoms with Crippen molar-refractivity contribution in [1.29, 1.82) is 5.26 Å². The lowest BCUT2D eigenvalue weighted by Crippen LogP contribution is -2.38. The van der Waals surface area contributed by atoms with Crippen LogP contribution in [0.2, 0.25) is 0 Å². The predicted octanol–water partition coefficient (Wildman–Crippen LogP) is 2.05. The number of pyridine rings is 2. The van der Waals surface area contributed by atoms with Gasteiger partial charge in [-0.1, -0.05) is 12.1 Å². The molecule has 2 N–H and O–H groups in total. The average Bonchev–Trinajstić information content (AvgIpc) is 3.08. The third-order valence-electron chi connectivity index (χ3n) is 7.12. The highest BCUT2D eigenvalue weighted by Crippen LogP contribution is 2.20. The number of rotatable bonds is 14. The fourth-order valence-corrected chi connectivity index (χ4v) is 4.99. The Morgan fingerprint density at radius 1 is 0.792 bits per heavy atom. The molecule has 15 nitrogen and oxygen atoms in total. The summed E-state index contributed by atoms with van der Waals surface area (Å²) in [6, 6.07) is 9.49. The molecule has 264 valence electrons. The molecule has 1 atom stereocenters. The zero-order valence-electron chi connectivity index (χ0n) is 27.1. The number of thioether (sulfide) groups is 1. The molecule has 3 heterocycles. The monoisotopic (exact) mass is 691 g/mol. The second-order valence-corrected chi connectivity index (χ2v) is 11.4. The normalized spacial score (nSPS) is 17.5. The largest absolute Gasteiger partial charge is 0.477 e. The summed E-state index contributed by atoms with van der Waals surface area (Å²) in [7, 11) is 0. The highest BCUT2D eigenvalue weighted by molar-refractivity contribution is 8.03. The first kappa shape index (κ1) is 39.2. The lowest BCUT2D eigenvalue weighted by atomic mass is 10.1. The molecule has 3 rings (SSSR count). The van der Waals surface area contributed by atoms with Crippen molar-refractivity contribution in [2.45, 2.75) is 12.6 Å². The Morgan fingerprint density at radius 3 is 1.96 bits per heavy atom. The van der Waals surface area contributed by atoms with Crippen LogP contribution in [-0.2, 0) is 35.0 Å². The Hall–Kier alpha value is -3.24. The summed E-state index contributed by atoms with van der Waals surface area (Å²) in [6.45, 7) is 7.25. The van der Waals surface area contributed by atoms with Crippen molar-refractivity contribution in [3.63, 3.8) is 0 Å². The van der Waals surface area contributed by atoms with Gasteiger partial charge in [-0.3, -0.25) is 9.80 Å². The maximum Gasteiger partial charge on any atom is 0.354 e. The van der Waals surface area contributed by atoms with Crippen molar-refractivity contribution in [2.75, 3.05) is 111 Å². The quantitative estimate of drug-likeness (QED) is 0.216. The van der Waals surface area contributed by atoms with E-state index in [1.54, 1.807) is 24.3 Å². The third-order valence-corrected chi connectivity index (χ3v) is 7.62. The Labute approximate surface area is 285 Å². The minimum Gasteiger partial charge on any atom is -0.477 e. The molecule has 0 bridgehead atoms. The number of aromatic carboxylic acids is 2. The minimum absolute atomic E-state index is 0.00596. The molecule has 16 heteroatoms. The van der Waals surface area contributed by atoms with Gasteiger partial charge in [0.1, 0.15) is 16.8 Å². The van der Waals surface area contributed by atoms with E-state index in [0.717, 1.165) is 11.8 Å². The van der Waals surface area contributed by atoms with Crippen molar-refractivity contribution in [3.05, 3.63) is 59.2 Å². The molecule has 2 aromatic rings. The van der Waals surface area contributed by atoms with E-state index in [9.17, 15) is 19.8 Å². The van der Waals surface area contributed by atoms with Gasteiger partial charge in [-0.05, 0) is 36.0 Å². The number of carbonyl (C=O) groups is 2. The van der Waals surface area contributed by atoms with E-state index < -0.39 is 11.9 Å². The Kier molecular flexibility index (Phi) is 19.6. The van der Waals surface area contributed by atoms with Gasteiger partial charge in [-0.2, -0.15) is 5.26 Å². The average molecular weight is 692 g/mol. The van der Waals surface area contributed by atoms with Crippen molar-refractivity contribution >= 4 is 23.7 Å². The van der Waals surface area contributed by atoms with Crippen LogP contribution in [0.5, 0.6) is 0 Å². The predicted molar refractivity (Wildman–Crippen MR) is 175 cm³/mol. The van der Waals surface area contributed by atoms with Crippen molar-refractivity contribution in [3.8, 4) is 5.40 Å². The molecule has 1 aliphatic rings. The first-order chi connectivity index (χ1) is 23.5. The molecular weight excluding hydrogens is 646 g/mol. The summed E-state index contributed by atoms with van der Waals surface area (Å²) in [5, 5.41) is 29.5. The number of ether oxygens (including phenoxy) is 6. The molecule has 1 saturated heterocycles. The van der Waals surface area contributed by atoms with Crippen LogP contribution in [0.15, 0.2) is 36.4 Å². The van der Waals surface area contributed by atoms with Crippen LogP contribution in [0.3, 0.4) is 0 Å². The van der Waals surface area contributed by atoms with E-state index in [1.165, 1.54) is 12.1 Å². The summed E-state index contributed by atoms with van der Waals surface area (Å²) in [5.74, 6) is -1.60. The molecule has 1 aliphatic heterocycles. The smallest absolute Gasteiger partial charge is 0.354 e. The summed E-state index contributed by atoms with van der Waals surface area (Å²) in [4.78, 5) is 35.8. The second kappa shape index (κ2) is 24.0. The van der Waals surface area contributed by atoms with Gasteiger partial charge in [-0.25, -0.2) is 19.6 Å². The van der Waals surface area contributed by atoms with Gasteiger partial charge < -0.3 is 38.6 Å². The SMILES string of the molecule is N#CSCCOCCOCC(c1cccc(C(=O)O)n1)N1CCOCCOCCN(Cc2cccc(C(=O)O)n2)CCOCCOCC1. The van der Waals surface area contributed by atoms with Crippen LogP contribution < -0.4 is 0 Å². The maximum absolute atomic E-state index is 11.7. The van der Waals surface area contributed by atoms with E-state index >= 15 is 0 Å². The van der Waals surface area contributed by atoms with Crippen LogP contribution in [-0.4, -0.2) is 153 Å². The van der Waals surface area contributed by atoms with Gasteiger partial charge in [0.25, 0.3) is 0 Å². The van der Waals surface area contributed by atoms with Crippen LogP contribution >= 0.6 is 11.8 Å². The number of hydrogen-bond donors (Lipinski definition) is 2. The van der Waals surface area contributed by atoms with Gasteiger partial charge in [-0.15, -0.1) is 0 Å². The second-order valence-electron chi connectivity index (χ2n) is 10.5. The number of hydrogen-bond acceptors (Lipinski definition) is 14. The van der Waals surface area contributed by atoms with E-state index in [4.69, 9.17) is 33.7 Å². The summed E-state index contributed by atoms with van der Waals surface area (Å²) in [6.07, 6.45) is 0. The van der Waals surface area contributed by atoms with Gasteiger partial charge in [0, 0.05) is 38.5 Å². The third kappa shape index (κ3) is 15.8. The lowest BCUT2D eigenvalue weighted by molar-refractivity contribution is -0.0158. The highest BCUT2D eigenvalue weighted by Gasteiger charge is 2.23. The summed E-state index contributed by atoms with van der Waals surface area (Å²) in [5.41, 5.74) is 1.17. The number of nitrogens with zero attached hydrogens (tertiary/aromatic N) is 5. The molecule has 0 spiro atoms. The lowest BCUT2D eigenvalue weighted by Gasteiger charge is -2.31. The van der Waals surface area contributed by atoms with Gasteiger partial charge in [0.15, 0.2) is 0 Å². The zero-order chi connectivity index (χ0) is 34.2. The van der Waals surface area contributed by atoms with Crippen molar-refractivity contribution < 1.29 is 48.2 Å². The molecule has 48 heavy (non-hydrogen) atoms. The maximum atomic E-state index is 11.7. The Bertz CT molecular complexity index is 1250. The first-order valence-corrected chi connectivity index (χ1v) is 16.8. The molecule has 0 saturated carbocycles. The van der Waals surface area contributed by atoms with Gasteiger partial charge in [0.05, 0.1) is 96.7 Å². The highest BCUT2D eigenvalue weighted by atomic mass is 32.2. The van der Waals surface area contributed by atoms with E-state index in [0.29, 0.717) is 123 Å². The number of carboxylic acids is 2. The summed E-state index contributed by atoms with van der Waals surface area (Å²) < 4.78 is 34.9. The van der Waals surface area contributed by atoms with Crippen molar-refractivity contribution in [1.82, 2.24) is 19.8 Å². The number of nitriles is 1. The molecule has 0 aromatic carbocycles. The molecule has 2 aromatic heterocycles.